The zero-order valence-corrected chi connectivity index (χ0v) is 16.2. The van der Waals surface area contributed by atoms with Gasteiger partial charge in [0.25, 0.3) is 5.91 Å². The van der Waals surface area contributed by atoms with Gasteiger partial charge in [-0.3, -0.25) is 14.3 Å². The van der Waals surface area contributed by atoms with Gasteiger partial charge in [0.2, 0.25) is 5.91 Å². The Hall–Kier alpha value is -2.89. The molecule has 0 aliphatic carbocycles. The molecule has 1 aromatic heterocycles. The highest BCUT2D eigenvalue weighted by Gasteiger charge is 2.28. The topological polar surface area (TPSA) is 58.4 Å². The number of carbonyl (C=O) groups excluding carboxylic acids is 2. The van der Waals surface area contributed by atoms with E-state index in [0.29, 0.717) is 18.7 Å². The first kappa shape index (κ1) is 18.9. The number of nitrogens with zero attached hydrogens (tertiary/aromatic N) is 4. The Kier molecular flexibility index (Phi) is 5.44. The molecule has 0 saturated heterocycles. The molecule has 2 heterocycles. The van der Waals surface area contributed by atoms with Gasteiger partial charge in [-0.05, 0) is 50.5 Å². The maximum absolute atomic E-state index is 13.4. The highest BCUT2D eigenvalue weighted by atomic mass is 16.2. The number of fused-ring (bicyclic) bond motifs is 1. The second-order valence-corrected chi connectivity index (χ2v) is 7.15. The Balaban J connectivity index is 1.95. The van der Waals surface area contributed by atoms with Gasteiger partial charge >= 0.3 is 0 Å². The van der Waals surface area contributed by atoms with Crippen LogP contribution in [0.3, 0.4) is 0 Å². The summed E-state index contributed by atoms with van der Waals surface area (Å²) in [5.74, 6) is -0.143. The fourth-order valence-corrected chi connectivity index (χ4v) is 3.56. The lowest BCUT2D eigenvalue weighted by atomic mass is 9.95. The summed E-state index contributed by atoms with van der Waals surface area (Å²) in [7, 11) is 1.86. The molecule has 1 aliphatic heterocycles. The summed E-state index contributed by atoms with van der Waals surface area (Å²) in [5.41, 5.74) is 3.43. The van der Waals surface area contributed by atoms with Crippen molar-refractivity contribution in [2.24, 2.45) is 7.05 Å². The lowest BCUT2D eigenvalue weighted by Gasteiger charge is -2.32. The van der Waals surface area contributed by atoms with E-state index in [2.05, 4.69) is 11.7 Å². The molecular formula is C21H26N4O2. The lowest BCUT2D eigenvalue weighted by Crippen LogP contribution is -2.39. The van der Waals surface area contributed by atoms with E-state index >= 15 is 0 Å². The van der Waals surface area contributed by atoms with Crippen molar-refractivity contribution in [1.82, 2.24) is 14.7 Å². The minimum atomic E-state index is -0.128. The van der Waals surface area contributed by atoms with Gasteiger partial charge in [0.05, 0.1) is 6.20 Å². The third-order valence-electron chi connectivity index (χ3n) is 4.92. The SMILES string of the molecule is C=CC(=O)N1CCCc2c(C(=O)N(Cc3cnn(C)c3)C(C)C)cccc21. The first-order valence-corrected chi connectivity index (χ1v) is 9.26. The average Bonchev–Trinajstić information content (AvgIpc) is 3.08. The maximum Gasteiger partial charge on any atom is 0.254 e. The van der Waals surface area contributed by atoms with Gasteiger partial charge in [-0.2, -0.15) is 5.10 Å². The summed E-state index contributed by atoms with van der Waals surface area (Å²) in [5, 5.41) is 4.20. The largest absolute Gasteiger partial charge is 0.332 e. The molecule has 0 spiro atoms. The summed E-state index contributed by atoms with van der Waals surface area (Å²) in [4.78, 5) is 29.2. The Labute approximate surface area is 160 Å². The van der Waals surface area contributed by atoms with E-state index in [1.54, 1.807) is 15.8 Å². The fraction of sp³-hybridized carbons (Fsp3) is 0.381. The molecule has 0 atom stereocenters. The second kappa shape index (κ2) is 7.78. The molecule has 0 fully saturated rings. The molecule has 6 nitrogen and oxygen atoms in total. The van der Waals surface area contributed by atoms with E-state index in [9.17, 15) is 9.59 Å². The number of amides is 2. The number of hydrogen-bond donors (Lipinski definition) is 0. The van der Waals surface area contributed by atoms with Crippen molar-refractivity contribution in [2.45, 2.75) is 39.3 Å². The summed E-state index contributed by atoms with van der Waals surface area (Å²) >= 11 is 0. The number of hydrogen-bond acceptors (Lipinski definition) is 3. The highest BCUT2D eigenvalue weighted by molar-refractivity contribution is 6.04. The molecule has 0 N–H and O–H groups in total. The Morgan fingerprint density at radius 2 is 2.15 bits per heavy atom. The minimum absolute atomic E-state index is 0.0152. The van der Waals surface area contributed by atoms with Gasteiger partial charge in [0, 0.05) is 49.2 Å². The molecule has 0 saturated carbocycles. The third kappa shape index (κ3) is 3.79. The van der Waals surface area contributed by atoms with Crippen LogP contribution >= 0.6 is 0 Å². The van der Waals surface area contributed by atoms with Crippen LogP contribution in [0.15, 0.2) is 43.2 Å². The maximum atomic E-state index is 13.4. The van der Waals surface area contributed by atoms with Crippen molar-refractivity contribution >= 4 is 17.5 Å². The van der Waals surface area contributed by atoms with Gasteiger partial charge in [0.15, 0.2) is 0 Å². The number of aromatic nitrogens is 2. The number of carbonyl (C=O) groups is 2. The van der Waals surface area contributed by atoms with E-state index in [0.717, 1.165) is 29.7 Å². The summed E-state index contributed by atoms with van der Waals surface area (Å²) in [6.07, 6.45) is 6.66. The standard InChI is InChI=1S/C21H26N4O2/c1-5-20(26)24-11-7-9-17-18(8-6-10-19(17)24)21(27)25(15(2)3)14-16-12-22-23(4)13-16/h5-6,8,10,12-13,15H,1,7,9,11,14H2,2-4H3. The number of aryl methyl sites for hydroxylation is 1. The minimum Gasteiger partial charge on any atom is -0.332 e. The Bertz CT molecular complexity index is 869. The summed E-state index contributed by atoms with van der Waals surface area (Å²) in [6.45, 7) is 8.77. The lowest BCUT2D eigenvalue weighted by molar-refractivity contribution is -0.114. The number of benzene rings is 1. The van der Waals surface area contributed by atoms with Crippen LogP contribution < -0.4 is 4.90 Å². The molecule has 1 aliphatic rings. The van der Waals surface area contributed by atoms with Crippen LogP contribution in [0.4, 0.5) is 5.69 Å². The van der Waals surface area contributed by atoms with Gasteiger partial charge < -0.3 is 9.80 Å². The monoisotopic (exact) mass is 366 g/mol. The predicted octanol–water partition coefficient (Wildman–Crippen LogP) is 2.94. The molecule has 0 radical (unpaired) electrons. The third-order valence-corrected chi connectivity index (χ3v) is 4.92. The van der Waals surface area contributed by atoms with Gasteiger partial charge in [-0.15, -0.1) is 0 Å². The molecule has 0 unspecified atom stereocenters. The smallest absolute Gasteiger partial charge is 0.254 e. The molecular weight excluding hydrogens is 340 g/mol. The fourth-order valence-electron chi connectivity index (χ4n) is 3.56. The Morgan fingerprint density at radius 3 is 2.78 bits per heavy atom. The zero-order chi connectivity index (χ0) is 19.6. The van der Waals surface area contributed by atoms with E-state index in [1.807, 2.05) is 50.2 Å². The van der Waals surface area contributed by atoms with Crippen LogP contribution in [-0.2, 0) is 24.8 Å². The quantitative estimate of drug-likeness (QED) is 0.765. The molecule has 0 bridgehead atoms. The van der Waals surface area contributed by atoms with E-state index in [1.165, 1.54) is 6.08 Å². The number of rotatable bonds is 5. The van der Waals surface area contributed by atoms with Gasteiger partial charge in [-0.1, -0.05) is 12.6 Å². The van der Waals surface area contributed by atoms with Crippen LogP contribution in [-0.4, -0.2) is 39.1 Å². The van der Waals surface area contributed by atoms with E-state index in [-0.39, 0.29) is 17.9 Å². The zero-order valence-electron chi connectivity index (χ0n) is 16.2. The van der Waals surface area contributed by atoms with Gasteiger partial charge in [-0.25, -0.2) is 0 Å². The molecule has 142 valence electrons. The second-order valence-electron chi connectivity index (χ2n) is 7.15. The van der Waals surface area contributed by atoms with Crippen molar-refractivity contribution in [3.8, 4) is 0 Å². The van der Waals surface area contributed by atoms with Crippen molar-refractivity contribution in [2.75, 3.05) is 11.4 Å². The molecule has 1 aromatic carbocycles. The predicted molar refractivity (Wildman–Crippen MR) is 106 cm³/mol. The van der Waals surface area contributed by atoms with Crippen molar-refractivity contribution in [3.05, 3.63) is 59.9 Å². The van der Waals surface area contributed by atoms with Crippen LogP contribution in [0.2, 0.25) is 0 Å². The molecule has 3 rings (SSSR count). The first-order valence-electron chi connectivity index (χ1n) is 9.26. The van der Waals surface area contributed by atoms with Crippen molar-refractivity contribution in [3.63, 3.8) is 0 Å². The van der Waals surface area contributed by atoms with E-state index in [4.69, 9.17) is 0 Å². The average molecular weight is 366 g/mol. The molecule has 6 heteroatoms. The van der Waals surface area contributed by atoms with Crippen LogP contribution in [0, 0.1) is 0 Å². The van der Waals surface area contributed by atoms with Crippen molar-refractivity contribution < 1.29 is 9.59 Å². The highest BCUT2D eigenvalue weighted by Crippen LogP contribution is 2.31. The van der Waals surface area contributed by atoms with Crippen LogP contribution in [0.5, 0.6) is 0 Å². The normalized spacial score (nSPS) is 13.4. The first-order chi connectivity index (χ1) is 12.9. The Morgan fingerprint density at radius 1 is 1.37 bits per heavy atom. The van der Waals surface area contributed by atoms with Crippen LogP contribution in [0.1, 0.15) is 41.8 Å². The van der Waals surface area contributed by atoms with E-state index < -0.39 is 0 Å². The van der Waals surface area contributed by atoms with Crippen molar-refractivity contribution in [1.29, 1.82) is 0 Å². The number of anilines is 1. The molecule has 2 aromatic rings. The summed E-state index contributed by atoms with van der Waals surface area (Å²) in [6, 6.07) is 5.67. The summed E-state index contributed by atoms with van der Waals surface area (Å²) < 4.78 is 1.74. The van der Waals surface area contributed by atoms with Gasteiger partial charge in [0.1, 0.15) is 0 Å². The van der Waals surface area contributed by atoms with Crippen LogP contribution in [0.25, 0.3) is 0 Å². The molecule has 2 amide bonds. The molecule has 27 heavy (non-hydrogen) atoms.